The first-order valence-corrected chi connectivity index (χ1v) is 22.0. The summed E-state index contributed by atoms with van der Waals surface area (Å²) in [6.45, 7) is 0. The van der Waals surface area contributed by atoms with Crippen LogP contribution < -0.4 is 14.9 Å². The number of carboxylic acid groups (broad SMARTS) is 2. The van der Waals surface area contributed by atoms with Gasteiger partial charge in [-0.2, -0.15) is 0 Å². The van der Waals surface area contributed by atoms with Crippen LogP contribution in [-0.2, 0) is 20.0 Å². The average Bonchev–Trinajstić information content (AvgIpc) is 3.21. The summed E-state index contributed by atoms with van der Waals surface area (Å²) in [5.41, 5.74) is -0.312. The third-order valence-electron chi connectivity index (χ3n) is 7.77. The number of hydrogen-bond donors (Lipinski definition) is 6. The summed E-state index contributed by atoms with van der Waals surface area (Å²) in [5, 5.41) is 57.7. The molecule has 0 saturated heterocycles. The van der Waals surface area contributed by atoms with Crippen LogP contribution in [0.3, 0.4) is 0 Å². The number of pyridine rings is 2. The first-order valence-electron chi connectivity index (χ1n) is 16.6. The molecule has 6 N–H and O–H groups in total. The van der Waals surface area contributed by atoms with Crippen molar-refractivity contribution in [2.24, 2.45) is 0 Å². The van der Waals surface area contributed by atoms with Crippen molar-refractivity contribution in [3.05, 3.63) is 167 Å². The topological polar surface area (TPSA) is 319 Å². The molecule has 328 valence electrons. The zero-order valence-electron chi connectivity index (χ0n) is 30.7. The number of nitro benzene ring substituents is 2. The van der Waals surface area contributed by atoms with Gasteiger partial charge in [-0.3, -0.25) is 39.6 Å². The molecule has 0 amide bonds. The Kier molecular flexibility index (Phi) is 18.1. The van der Waals surface area contributed by atoms with Crippen molar-refractivity contribution in [1.29, 1.82) is 0 Å². The number of hydrogen-bond acceptors (Lipinski definition) is 14. The van der Waals surface area contributed by atoms with Gasteiger partial charge in [0.25, 0.3) is 31.4 Å². The van der Waals surface area contributed by atoms with Crippen LogP contribution in [0, 0.1) is 20.2 Å². The lowest BCUT2D eigenvalue weighted by Crippen LogP contribution is -2.29. The highest BCUT2D eigenvalue weighted by Crippen LogP contribution is 2.33. The maximum atomic E-state index is 12.8. The molecule has 0 unspecified atom stereocenters. The lowest BCUT2D eigenvalue weighted by atomic mass is 9.82. The number of halogens is 3. The molecule has 26 heteroatoms. The number of anilines is 2. The predicted octanol–water partition coefficient (Wildman–Crippen LogP) is 6.93. The van der Waals surface area contributed by atoms with E-state index in [4.69, 9.17) is 15.2 Å². The fourth-order valence-electron chi connectivity index (χ4n) is 4.85. The van der Waals surface area contributed by atoms with Crippen LogP contribution >= 0.6 is 47.8 Å². The van der Waals surface area contributed by atoms with Crippen molar-refractivity contribution >= 4 is 115 Å². The number of carboxylic acids is 2. The predicted molar refractivity (Wildman–Crippen MR) is 242 cm³/mol. The molecular formula is C37H30BBr3N6O14S2. The van der Waals surface area contributed by atoms with Gasteiger partial charge in [0.1, 0.15) is 11.4 Å². The number of nitrogens with one attached hydrogen (secondary N) is 2. The van der Waals surface area contributed by atoms with Gasteiger partial charge in [-0.05, 0) is 110 Å². The van der Waals surface area contributed by atoms with E-state index in [9.17, 15) is 51.8 Å². The molecule has 2 heterocycles. The minimum atomic E-state index is -4.30. The van der Waals surface area contributed by atoms with E-state index in [0.29, 0.717) is 21.1 Å². The minimum Gasteiger partial charge on any atom is -0.478 e. The molecule has 0 aliphatic carbocycles. The Morgan fingerprint density at radius 1 is 0.619 bits per heavy atom. The third kappa shape index (κ3) is 13.9. The van der Waals surface area contributed by atoms with Gasteiger partial charge in [-0.1, -0.05) is 35.5 Å². The van der Waals surface area contributed by atoms with Gasteiger partial charge in [-0.15, -0.1) is 0 Å². The van der Waals surface area contributed by atoms with E-state index in [2.05, 4.69) is 67.2 Å². The molecule has 0 aliphatic rings. The Labute approximate surface area is 383 Å². The van der Waals surface area contributed by atoms with Crippen LogP contribution in [0.4, 0.5) is 22.7 Å². The molecule has 4 aromatic carbocycles. The lowest BCUT2D eigenvalue weighted by Gasteiger charge is -2.11. The Balaban J connectivity index is 0.000000279. The Morgan fingerprint density at radius 3 is 1.48 bits per heavy atom. The summed E-state index contributed by atoms with van der Waals surface area (Å²) in [5.74, 6) is -2.63. The molecule has 0 radical (unpaired) electrons. The van der Waals surface area contributed by atoms with Gasteiger partial charge in [-0.25, -0.2) is 26.4 Å². The molecule has 0 saturated carbocycles. The SMILES string of the molecule is C.O=C(O)c1cc(S(=O)(=O)Nc2cc(-c3cccnc3)ccc2[N+](=O)[O-])ccc1Br.O=C(O)c1cc(S(=O)(=O)Nc2cc(Br)ccc2[N+](=O)[O-])ccc1Br.OB(O)c1cccnc1. The molecule has 63 heavy (non-hydrogen) atoms. The second-order valence-corrected chi connectivity index (χ2v) is 17.9. The lowest BCUT2D eigenvalue weighted by molar-refractivity contribution is -0.384. The van der Waals surface area contributed by atoms with Crippen LogP contribution in [-0.4, -0.2) is 76.0 Å². The van der Waals surface area contributed by atoms with Gasteiger partial charge in [0.2, 0.25) is 0 Å². The van der Waals surface area contributed by atoms with E-state index in [1.165, 1.54) is 67.0 Å². The second-order valence-electron chi connectivity index (χ2n) is 11.9. The number of benzene rings is 4. The largest absolute Gasteiger partial charge is 0.490 e. The third-order valence-corrected chi connectivity index (χ3v) is 12.4. The van der Waals surface area contributed by atoms with E-state index in [0.717, 1.165) is 18.2 Å². The first kappa shape index (κ1) is 51.2. The monoisotopic (exact) mass is 1090 g/mol. The van der Waals surface area contributed by atoms with E-state index in [1.54, 1.807) is 36.7 Å². The summed E-state index contributed by atoms with van der Waals surface area (Å²) in [4.78, 5) is 50.3. The molecule has 0 spiro atoms. The Morgan fingerprint density at radius 2 is 1.08 bits per heavy atom. The number of sulfonamides is 2. The molecule has 0 fully saturated rings. The zero-order valence-corrected chi connectivity index (χ0v) is 37.1. The normalized spacial score (nSPS) is 10.6. The van der Waals surface area contributed by atoms with Gasteiger partial charge in [0, 0.05) is 61.4 Å². The molecular weight excluding hydrogens is 1070 g/mol. The van der Waals surface area contributed by atoms with Crippen LogP contribution in [0.2, 0.25) is 0 Å². The maximum absolute atomic E-state index is 12.8. The van der Waals surface area contributed by atoms with Crippen molar-refractivity contribution in [2.75, 3.05) is 9.44 Å². The highest BCUT2D eigenvalue weighted by Gasteiger charge is 2.25. The van der Waals surface area contributed by atoms with E-state index >= 15 is 0 Å². The van der Waals surface area contributed by atoms with Gasteiger partial charge >= 0.3 is 19.1 Å². The van der Waals surface area contributed by atoms with Crippen molar-refractivity contribution in [3.63, 3.8) is 0 Å². The number of nitro groups is 2. The van der Waals surface area contributed by atoms with Crippen molar-refractivity contribution < 1.29 is 56.5 Å². The smallest absolute Gasteiger partial charge is 0.478 e. The molecule has 6 aromatic rings. The summed E-state index contributed by atoms with van der Waals surface area (Å²) in [6.07, 6.45) is 6.08. The second kappa shape index (κ2) is 22.3. The Hall–Kier alpha value is -6.16. The molecule has 2 aromatic heterocycles. The molecule has 20 nitrogen and oxygen atoms in total. The molecule has 0 aliphatic heterocycles. The van der Waals surface area contributed by atoms with Gasteiger partial charge in [0.15, 0.2) is 0 Å². The average molecular weight is 1100 g/mol. The summed E-state index contributed by atoms with van der Waals surface area (Å²) in [7, 11) is -9.92. The highest BCUT2D eigenvalue weighted by molar-refractivity contribution is 9.11. The van der Waals surface area contributed by atoms with Crippen LogP contribution in [0.25, 0.3) is 11.1 Å². The number of aromatic carboxylic acids is 2. The zero-order chi connectivity index (χ0) is 45.9. The summed E-state index contributed by atoms with van der Waals surface area (Å²) >= 11 is 9.16. The molecule has 0 atom stereocenters. The maximum Gasteiger partial charge on any atom is 0.490 e. The minimum absolute atomic E-state index is 0. The Bertz CT molecular complexity index is 2890. The fourth-order valence-corrected chi connectivity index (χ4v) is 8.22. The number of rotatable bonds is 12. The van der Waals surface area contributed by atoms with E-state index in [1.807, 2.05) is 0 Å². The quantitative estimate of drug-likeness (QED) is 0.0411. The van der Waals surface area contributed by atoms with Crippen LogP contribution in [0.5, 0.6) is 0 Å². The highest BCUT2D eigenvalue weighted by atomic mass is 79.9. The molecule has 6 rings (SSSR count). The fraction of sp³-hybridized carbons (Fsp3) is 0.0270. The first-order chi connectivity index (χ1) is 29.1. The standard InChI is InChI=1S/C18H12BrN3O6S.C13H8Br2N2O6S.C5H6BNO2.CH4/c19-15-5-4-13(9-14(15)18(23)24)29(27,28)21-16-8-11(3-6-17(16)22(25)26)12-2-1-7-20-10-12;14-7-1-4-12(17(20)21)11(5-7)16-24(22,23)8-2-3-10(15)9(6-8)13(18)19;8-6(9)5-2-1-3-7-4-5;/h1-10,21H,(H,23,24);1-6,16H,(H,18,19);1-4,8-9H;1H4. The number of carbonyl (C=O) groups is 2. The van der Waals surface area contributed by atoms with E-state index in [-0.39, 0.29) is 48.7 Å². The number of aromatic nitrogens is 2. The van der Waals surface area contributed by atoms with Crippen molar-refractivity contribution in [1.82, 2.24) is 9.97 Å². The van der Waals surface area contributed by atoms with Gasteiger partial charge < -0.3 is 20.3 Å². The van der Waals surface area contributed by atoms with Crippen LogP contribution in [0.15, 0.2) is 145 Å². The van der Waals surface area contributed by atoms with Gasteiger partial charge in [0.05, 0.1) is 30.8 Å². The van der Waals surface area contributed by atoms with E-state index < -0.39 is 60.3 Å². The summed E-state index contributed by atoms with van der Waals surface area (Å²) in [6, 6.07) is 21.3. The summed E-state index contributed by atoms with van der Waals surface area (Å²) < 4.78 is 55.5. The molecule has 0 bridgehead atoms. The number of nitrogens with zero attached hydrogens (tertiary/aromatic N) is 4. The van der Waals surface area contributed by atoms with Crippen LogP contribution in [0.1, 0.15) is 28.1 Å². The van der Waals surface area contributed by atoms with Crippen molar-refractivity contribution in [2.45, 2.75) is 17.2 Å². The van der Waals surface area contributed by atoms with Crippen molar-refractivity contribution in [3.8, 4) is 11.1 Å².